The van der Waals surface area contributed by atoms with Gasteiger partial charge in [0.2, 0.25) is 0 Å². The van der Waals surface area contributed by atoms with E-state index in [1.807, 2.05) is 30.3 Å². The third-order valence-electron chi connectivity index (χ3n) is 3.34. The van der Waals surface area contributed by atoms with E-state index in [0.717, 1.165) is 22.9 Å². The predicted molar refractivity (Wildman–Crippen MR) is 100 cm³/mol. The summed E-state index contributed by atoms with van der Waals surface area (Å²) in [5.74, 6) is -0.860. The number of thioether (sulfide) groups is 1. The summed E-state index contributed by atoms with van der Waals surface area (Å²) in [7, 11) is 0. The molecular formula is C16H16BrNO3S2. The van der Waals surface area contributed by atoms with E-state index >= 15 is 0 Å². The van der Waals surface area contributed by atoms with Crippen molar-refractivity contribution in [2.75, 3.05) is 6.54 Å². The molecule has 1 aliphatic rings. The number of rotatable bonds is 7. The lowest BCUT2D eigenvalue weighted by Gasteiger charge is -2.13. The largest absolute Gasteiger partial charge is 0.481 e. The molecule has 1 amide bonds. The molecule has 1 saturated heterocycles. The molecule has 1 fully saturated rings. The lowest BCUT2D eigenvalue weighted by Crippen LogP contribution is -2.29. The minimum Gasteiger partial charge on any atom is -0.481 e. The Balaban J connectivity index is 1.95. The SMILES string of the molecule is O=C(O)CCCCCN1C(=O)/C(=C/c2ccccc2Br)SC1=S. The fraction of sp³-hybridized carbons (Fsp3) is 0.312. The Bertz CT molecular complexity index is 660. The molecule has 0 radical (unpaired) electrons. The van der Waals surface area contributed by atoms with Crippen molar-refractivity contribution in [3.05, 3.63) is 39.2 Å². The standard InChI is InChI=1S/C16H16BrNO3S2/c17-12-7-4-3-6-11(12)10-13-15(21)18(16(22)23-13)9-5-1-2-8-14(19)20/h3-4,6-7,10H,1-2,5,8-9H2,(H,19,20)/b13-10-. The van der Waals surface area contributed by atoms with Crippen LogP contribution in [0.15, 0.2) is 33.6 Å². The van der Waals surface area contributed by atoms with Crippen LogP contribution in [0.2, 0.25) is 0 Å². The molecule has 23 heavy (non-hydrogen) atoms. The van der Waals surface area contributed by atoms with Crippen LogP contribution in [0.4, 0.5) is 0 Å². The zero-order valence-electron chi connectivity index (χ0n) is 12.3. The molecule has 1 N–H and O–H groups in total. The number of halogens is 1. The maximum absolute atomic E-state index is 12.4. The second-order valence-electron chi connectivity index (χ2n) is 5.06. The number of carboxylic acids is 1. The van der Waals surface area contributed by atoms with Crippen molar-refractivity contribution in [3.8, 4) is 0 Å². The van der Waals surface area contributed by atoms with Gasteiger partial charge in [-0.05, 0) is 30.5 Å². The zero-order chi connectivity index (χ0) is 16.8. The first-order chi connectivity index (χ1) is 11.0. The quantitative estimate of drug-likeness (QED) is 0.410. The van der Waals surface area contributed by atoms with E-state index in [-0.39, 0.29) is 12.3 Å². The van der Waals surface area contributed by atoms with Crippen molar-refractivity contribution >= 4 is 62.2 Å². The highest BCUT2D eigenvalue weighted by Gasteiger charge is 2.31. The molecule has 2 rings (SSSR count). The summed E-state index contributed by atoms with van der Waals surface area (Å²) in [5.41, 5.74) is 0.939. The van der Waals surface area contributed by atoms with Gasteiger partial charge in [0.05, 0.1) is 4.91 Å². The molecule has 0 spiro atoms. The number of hydrogen-bond donors (Lipinski definition) is 1. The Hall–Kier alpha value is -1.18. The monoisotopic (exact) mass is 413 g/mol. The molecule has 1 aromatic rings. The van der Waals surface area contributed by atoms with Gasteiger partial charge >= 0.3 is 5.97 Å². The smallest absolute Gasteiger partial charge is 0.303 e. The number of unbranched alkanes of at least 4 members (excludes halogenated alkanes) is 2. The van der Waals surface area contributed by atoms with Crippen LogP contribution in [-0.4, -0.2) is 32.7 Å². The molecule has 0 aromatic heterocycles. The Morgan fingerprint density at radius 1 is 1.30 bits per heavy atom. The third-order valence-corrected chi connectivity index (χ3v) is 5.44. The van der Waals surface area contributed by atoms with Crippen LogP contribution in [0.5, 0.6) is 0 Å². The first kappa shape index (κ1) is 18.2. The van der Waals surface area contributed by atoms with Gasteiger partial charge < -0.3 is 5.11 Å². The summed E-state index contributed by atoms with van der Waals surface area (Å²) in [4.78, 5) is 25.1. The fourth-order valence-electron chi connectivity index (χ4n) is 2.15. The molecule has 1 aliphatic heterocycles. The molecule has 1 aromatic carbocycles. The van der Waals surface area contributed by atoms with Crippen LogP contribution in [0.25, 0.3) is 6.08 Å². The van der Waals surface area contributed by atoms with Gasteiger partial charge in [0, 0.05) is 17.4 Å². The minimum absolute atomic E-state index is 0.0750. The molecule has 7 heteroatoms. The van der Waals surface area contributed by atoms with Crippen LogP contribution < -0.4 is 0 Å². The summed E-state index contributed by atoms with van der Waals surface area (Å²) < 4.78 is 1.49. The minimum atomic E-state index is -0.785. The van der Waals surface area contributed by atoms with Gasteiger partial charge in [-0.3, -0.25) is 14.5 Å². The molecule has 0 unspecified atom stereocenters. The summed E-state index contributed by atoms with van der Waals surface area (Å²) >= 11 is 10.1. The lowest BCUT2D eigenvalue weighted by atomic mass is 10.2. The van der Waals surface area contributed by atoms with Crippen molar-refractivity contribution in [1.82, 2.24) is 4.90 Å². The van der Waals surface area contributed by atoms with Crippen LogP contribution in [-0.2, 0) is 9.59 Å². The maximum atomic E-state index is 12.4. The van der Waals surface area contributed by atoms with Crippen molar-refractivity contribution in [3.63, 3.8) is 0 Å². The molecule has 0 atom stereocenters. The highest BCUT2D eigenvalue weighted by atomic mass is 79.9. The maximum Gasteiger partial charge on any atom is 0.303 e. The number of carbonyl (C=O) groups excluding carboxylic acids is 1. The second-order valence-corrected chi connectivity index (χ2v) is 7.59. The van der Waals surface area contributed by atoms with Gasteiger partial charge in [0.1, 0.15) is 4.32 Å². The summed E-state index contributed by atoms with van der Waals surface area (Å²) in [6.07, 6.45) is 4.15. The Labute approximate surface area is 153 Å². The normalized spacial score (nSPS) is 16.4. The molecule has 1 heterocycles. The lowest BCUT2D eigenvalue weighted by molar-refractivity contribution is -0.137. The molecule has 0 aliphatic carbocycles. The topological polar surface area (TPSA) is 57.6 Å². The molecule has 4 nitrogen and oxygen atoms in total. The van der Waals surface area contributed by atoms with Crippen molar-refractivity contribution in [1.29, 1.82) is 0 Å². The Morgan fingerprint density at radius 3 is 2.74 bits per heavy atom. The number of benzene rings is 1. The number of hydrogen-bond acceptors (Lipinski definition) is 4. The van der Waals surface area contributed by atoms with Gasteiger partial charge in [-0.25, -0.2) is 0 Å². The summed E-state index contributed by atoms with van der Waals surface area (Å²) in [5, 5.41) is 8.61. The van der Waals surface area contributed by atoms with Crippen LogP contribution in [0.3, 0.4) is 0 Å². The number of nitrogens with zero attached hydrogens (tertiary/aromatic N) is 1. The van der Waals surface area contributed by atoms with Crippen LogP contribution in [0, 0.1) is 0 Å². The van der Waals surface area contributed by atoms with Gasteiger partial charge in [-0.2, -0.15) is 0 Å². The summed E-state index contributed by atoms with van der Waals surface area (Å²) in [6, 6.07) is 7.70. The van der Waals surface area contributed by atoms with E-state index in [1.165, 1.54) is 11.8 Å². The molecule has 0 bridgehead atoms. The van der Waals surface area contributed by atoms with Gasteiger partial charge in [0.25, 0.3) is 5.91 Å². The fourth-order valence-corrected chi connectivity index (χ4v) is 3.85. The molecule has 122 valence electrons. The third kappa shape index (κ3) is 5.16. The van der Waals surface area contributed by atoms with E-state index in [9.17, 15) is 9.59 Å². The average molecular weight is 414 g/mol. The Kier molecular flexibility index (Phi) is 6.80. The van der Waals surface area contributed by atoms with Crippen molar-refractivity contribution < 1.29 is 14.7 Å². The second kappa shape index (κ2) is 8.61. The Morgan fingerprint density at radius 2 is 2.04 bits per heavy atom. The predicted octanol–water partition coefficient (Wildman–Crippen LogP) is 4.30. The average Bonchev–Trinajstić information content (AvgIpc) is 2.76. The number of carboxylic acid groups (broad SMARTS) is 1. The van der Waals surface area contributed by atoms with Gasteiger partial charge in [0.15, 0.2) is 0 Å². The number of carbonyl (C=O) groups is 2. The number of amides is 1. The first-order valence-electron chi connectivity index (χ1n) is 7.20. The van der Waals surface area contributed by atoms with Crippen molar-refractivity contribution in [2.45, 2.75) is 25.7 Å². The molecule has 0 saturated carbocycles. The van der Waals surface area contributed by atoms with E-state index < -0.39 is 5.97 Å². The van der Waals surface area contributed by atoms with E-state index in [2.05, 4.69) is 15.9 Å². The summed E-state index contributed by atoms with van der Waals surface area (Å²) in [6.45, 7) is 0.539. The van der Waals surface area contributed by atoms with Gasteiger partial charge in [-0.15, -0.1) is 0 Å². The highest BCUT2D eigenvalue weighted by molar-refractivity contribution is 9.10. The molecular weight excluding hydrogens is 398 g/mol. The first-order valence-corrected chi connectivity index (χ1v) is 9.22. The van der Waals surface area contributed by atoms with Crippen LogP contribution in [0.1, 0.15) is 31.2 Å². The number of aliphatic carboxylic acids is 1. The van der Waals surface area contributed by atoms with E-state index in [4.69, 9.17) is 17.3 Å². The highest BCUT2D eigenvalue weighted by Crippen LogP contribution is 2.33. The van der Waals surface area contributed by atoms with Crippen molar-refractivity contribution in [2.24, 2.45) is 0 Å². The van der Waals surface area contributed by atoms with Crippen LogP contribution >= 0.6 is 39.9 Å². The zero-order valence-corrected chi connectivity index (χ0v) is 15.5. The number of thiocarbonyl (C=S) groups is 1. The van der Waals surface area contributed by atoms with E-state index in [0.29, 0.717) is 22.2 Å². The van der Waals surface area contributed by atoms with Gasteiger partial charge in [-0.1, -0.05) is 64.5 Å². The van der Waals surface area contributed by atoms with E-state index in [1.54, 1.807) is 4.90 Å².